The molecule has 0 radical (unpaired) electrons. The highest BCUT2D eigenvalue weighted by atomic mass is 16.5. The van der Waals surface area contributed by atoms with Crippen molar-refractivity contribution in [3.8, 4) is 34.1 Å². The SMILES string of the molecule is CC1(C)c2ccc3oc4c5ccc(N6c7ccccc7Oc7ccccc76)cc5ccc4c3c2-c2ccc3cc(N4c5ccccc5Oc5ccccc54)ccc3c21. The molecule has 0 N–H and O–H groups in total. The Bertz CT molecular complexity index is 3320. The molecule has 0 saturated carbocycles. The highest BCUT2D eigenvalue weighted by Crippen LogP contribution is 2.57. The molecular weight excluding hydrogens is 713 g/mol. The molecule has 0 spiro atoms. The molecule has 0 fully saturated rings. The fourth-order valence-corrected chi connectivity index (χ4v) is 10.0. The van der Waals surface area contributed by atoms with Gasteiger partial charge in [-0.1, -0.05) is 92.7 Å². The maximum atomic E-state index is 6.85. The van der Waals surface area contributed by atoms with Gasteiger partial charge in [0.1, 0.15) is 11.2 Å². The van der Waals surface area contributed by atoms with E-state index in [1.807, 2.05) is 48.5 Å². The van der Waals surface area contributed by atoms with Gasteiger partial charge >= 0.3 is 0 Å². The Hall–Kier alpha value is -7.50. The average molecular weight is 747 g/mol. The van der Waals surface area contributed by atoms with Crippen molar-refractivity contribution in [3.63, 3.8) is 0 Å². The van der Waals surface area contributed by atoms with Crippen LogP contribution in [-0.2, 0) is 5.41 Å². The van der Waals surface area contributed by atoms with Gasteiger partial charge in [0.05, 0.1) is 22.7 Å². The number of para-hydroxylation sites is 8. The minimum Gasteiger partial charge on any atom is -0.455 e. The normalized spacial score (nSPS) is 14.4. The maximum absolute atomic E-state index is 6.85. The number of anilines is 6. The van der Waals surface area contributed by atoms with Crippen molar-refractivity contribution < 1.29 is 13.9 Å². The van der Waals surface area contributed by atoms with E-state index in [0.717, 1.165) is 84.4 Å². The third-order valence-corrected chi connectivity index (χ3v) is 12.6. The number of rotatable bonds is 2. The Morgan fingerprint density at radius 3 is 1.50 bits per heavy atom. The van der Waals surface area contributed by atoms with Crippen LogP contribution >= 0.6 is 0 Å². The zero-order valence-electron chi connectivity index (χ0n) is 31.8. The lowest BCUT2D eigenvalue weighted by atomic mass is 9.80. The highest BCUT2D eigenvalue weighted by molar-refractivity contribution is 6.21. The molecule has 0 saturated heterocycles. The van der Waals surface area contributed by atoms with Crippen LogP contribution in [0.2, 0.25) is 0 Å². The zero-order chi connectivity index (χ0) is 38.3. The summed E-state index contributed by atoms with van der Waals surface area (Å²) in [6, 6.07) is 60.1. The van der Waals surface area contributed by atoms with Crippen LogP contribution in [0.4, 0.5) is 34.1 Å². The number of furan rings is 1. The van der Waals surface area contributed by atoms with Gasteiger partial charge in [-0.05, 0) is 129 Å². The van der Waals surface area contributed by atoms with Gasteiger partial charge in [-0.2, -0.15) is 0 Å². The molecule has 13 rings (SSSR count). The van der Waals surface area contributed by atoms with E-state index in [0.29, 0.717) is 0 Å². The molecule has 58 heavy (non-hydrogen) atoms. The van der Waals surface area contributed by atoms with Crippen molar-refractivity contribution in [2.75, 3.05) is 9.80 Å². The summed E-state index contributed by atoms with van der Waals surface area (Å²) in [5.74, 6) is 3.39. The van der Waals surface area contributed by atoms with Crippen molar-refractivity contribution in [3.05, 3.63) is 181 Å². The number of fused-ring (bicyclic) bond motifs is 15. The first-order valence-corrected chi connectivity index (χ1v) is 19.8. The van der Waals surface area contributed by atoms with E-state index in [4.69, 9.17) is 13.9 Å². The molecule has 5 heteroatoms. The van der Waals surface area contributed by atoms with E-state index >= 15 is 0 Å². The monoisotopic (exact) mass is 746 g/mol. The second-order valence-electron chi connectivity index (χ2n) is 16.1. The van der Waals surface area contributed by atoms with Crippen LogP contribution in [0.1, 0.15) is 25.0 Å². The second-order valence-corrected chi connectivity index (χ2v) is 16.1. The predicted octanol–water partition coefficient (Wildman–Crippen LogP) is 15.3. The first-order valence-electron chi connectivity index (χ1n) is 19.8. The second kappa shape index (κ2) is 11.3. The molecular formula is C53H34N2O3. The summed E-state index contributed by atoms with van der Waals surface area (Å²) in [7, 11) is 0. The van der Waals surface area contributed by atoms with Crippen LogP contribution in [0, 0.1) is 0 Å². The summed E-state index contributed by atoms with van der Waals surface area (Å²) in [4.78, 5) is 4.60. The molecule has 5 nitrogen and oxygen atoms in total. The van der Waals surface area contributed by atoms with Crippen molar-refractivity contribution >= 4 is 77.6 Å². The number of hydrogen-bond acceptors (Lipinski definition) is 5. The van der Waals surface area contributed by atoms with Crippen LogP contribution in [0.25, 0.3) is 54.6 Å². The van der Waals surface area contributed by atoms with E-state index in [2.05, 4.69) is 145 Å². The van der Waals surface area contributed by atoms with Crippen LogP contribution in [0.5, 0.6) is 23.0 Å². The lowest BCUT2D eigenvalue weighted by Crippen LogP contribution is -2.16. The van der Waals surface area contributed by atoms with E-state index in [-0.39, 0.29) is 5.41 Å². The van der Waals surface area contributed by atoms with Gasteiger partial charge in [-0.3, -0.25) is 0 Å². The topological polar surface area (TPSA) is 38.1 Å². The molecule has 10 aromatic rings. The highest BCUT2D eigenvalue weighted by Gasteiger charge is 2.39. The van der Waals surface area contributed by atoms with Crippen molar-refractivity contribution in [1.82, 2.24) is 0 Å². The van der Waals surface area contributed by atoms with Gasteiger partial charge in [0.2, 0.25) is 0 Å². The summed E-state index contributed by atoms with van der Waals surface area (Å²) in [5.41, 5.74) is 13.1. The van der Waals surface area contributed by atoms with E-state index in [9.17, 15) is 0 Å². The molecule has 2 aliphatic heterocycles. The quantitative estimate of drug-likeness (QED) is 0.176. The van der Waals surface area contributed by atoms with Gasteiger partial charge in [0, 0.05) is 32.9 Å². The summed E-state index contributed by atoms with van der Waals surface area (Å²) >= 11 is 0. The molecule has 1 aliphatic carbocycles. The number of nitrogens with zero attached hydrogens (tertiary/aromatic N) is 2. The largest absolute Gasteiger partial charge is 0.455 e. The molecule has 3 aliphatic rings. The molecule has 9 aromatic carbocycles. The first kappa shape index (κ1) is 31.7. The Morgan fingerprint density at radius 1 is 0.448 bits per heavy atom. The lowest BCUT2D eigenvalue weighted by molar-refractivity contribution is 0.477. The molecule has 0 unspecified atom stereocenters. The minimum atomic E-state index is -0.224. The van der Waals surface area contributed by atoms with Gasteiger partial charge in [-0.25, -0.2) is 0 Å². The van der Waals surface area contributed by atoms with Gasteiger partial charge in [0.15, 0.2) is 23.0 Å². The number of ether oxygens (including phenoxy) is 2. The Morgan fingerprint density at radius 2 is 0.931 bits per heavy atom. The first-order chi connectivity index (χ1) is 28.5. The molecule has 3 heterocycles. The van der Waals surface area contributed by atoms with Crippen molar-refractivity contribution in [1.29, 1.82) is 0 Å². The van der Waals surface area contributed by atoms with Crippen LogP contribution in [0.15, 0.2) is 174 Å². The van der Waals surface area contributed by atoms with Gasteiger partial charge < -0.3 is 23.7 Å². The Balaban J connectivity index is 0.957. The van der Waals surface area contributed by atoms with E-state index in [1.54, 1.807) is 0 Å². The molecule has 274 valence electrons. The van der Waals surface area contributed by atoms with Crippen LogP contribution in [0.3, 0.4) is 0 Å². The van der Waals surface area contributed by atoms with E-state index < -0.39 is 0 Å². The van der Waals surface area contributed by atoms with Gasteiger partial charge in [-0.15, -0.1) is 0 Å². The predicted molar refractivity (Wildman–Crippen MR) is 236 cm³/mol. The minimum absolute atomic E-state index is 0.224. The summed E-state index contributed by atoms with van der Waals surface area (Å²) in [6.07, 6.45) is 0. The number of hydrogen-bond donors (Lipinski definition) is 0. The van der Waals surface area contributed by atoms with Gasteiger partial charge in [0.25, 0.3) is 0 Å². The third kappa shape index (κ3) is 4.20. The Labute approximate surface area is 334 Å². The summed E-state index contributed by atoms with van der Waals surface area (Å²) in [6.45, 7) is 4.74. The molecule has 0 bridgehead atoms. The zero-order valence-corrected chi connectivity index (χ0v) is 31.8. The van der Waals surface area contributed by atoms with Crippen LogP contribution in [-0.4, -0.2) is 0 Å². The Kier molecular flexibility index (Phi) is 6.17. The molecule has 0 amide bonds. The van der Waals surface area contributed by atoms with Crippen LogP contribution < -0.4 is 19.3 Å². The van der Waals surface area contributed by atoms with Crippen molar-refractivity contribution in [2.24, 2.45) is 0 Å². The standard InChI is InChI=1S/C53H34N2O3/c1-53(2)39-27-28-48-50(38-24-20-32-30-34(22-26-36(32)52(38)58-48)55-42-13-5-9-17-46(42)57-47-18-10-6-14-43(47)55)49(39)37-23-19-31-29-33(21-25-35(31)51(37)53)54-40-11-3-7-15-44(40)56-45-16-8-4-12-41(45)54/h3-30H,1-2H3. The third-order valence-electron chi connectivity index (χ3n) is 12.6. The lowest BCUT2D eigenvalue weighted by Gasteiger charge is -2.33. The maximum Gasteiger partial charge on any atom is 0.151 e. The smallest absolute Gasteiger partial charge is 0.151 e. The average Bonchev–Trinajstić information content (AvgIpc) is 3.76. The number of benzene rings is 9. The summed E-state index contributed by atoms with van der Waals surface area (Å²) < 4.78 is 19.5. The molecule has 1 aromatic heterocycles. The summed E-state index contributed by atoms with van der Waals surface area (Å²) in [5, 5.41) is 7.00. The molecule has 0 atom stereocenters. The fraction of sp³-hybridized carbons (Fsp3) is 0.0566. The van der Waals surface area contributed by atoms with E-state index in [1.165, 1.54) is 38.4 Å². The van der Waals surface area contributed by atoms with Crippen molar-refractivity contribution in [2.45, 2.75) is 19.3 Å². The fourth-order valence-electron chi connectivity index (χ4n) is 10.0.